The average Bonchev–Trinajstić information content (AvgIpc) is 2.90. The van der Waals surface area contributed by atoms with Crippen LogP contribution in [-0.4, -0.2) is 37.6 Å². The first kappa shape index (κ1) is 15.7. The lowest BCUT2D eigenvalue weighted by Gasteiger charge is -2.14. The van der Waals surface area contributed by atoms with E-state index in [0.717, 1.165) is 30.9 Å². The van der Waals surface area contributed by atoms with Crippen molar-refractivity contribution in [2.45, 2.75) is 25.4 Å². The molecule has 0 saturated carbocycles. The van der Waals surface area contributed by atoms with Gasteiger partial charge in [-0.1, -0.05) is 6.07 Å². The molecule has 2 heterocycles. The second-order valence-corrected chi connectivity index (χ2v) is 4.75. The summed E-state index contributed by atoms with van der Waals surface area (Å²) >= 11 is 0. The standard InChI is InChI=1S/C13H20N4O.ClH/c1-17(2)12-7-3-5-10(16-12)9-15-13(18)11-6-4-8-14-11;/h3,5,7,11,14H,4,6,8-9H2,1-2H3,(H,15,18);1H. The van der Waals surface area contributed by atoms with Crippen LogP contribution >= 0.6 is 12.4 Å². The maximum absolute atomic E-state index is 11.8. The van der Waals surface area contributed by atoms with Crippen molar-refractivity contribution in [3.8, 4) is 0 Å². The van der Waals surface area contributed by atoms with E-state index in [0.29, 0.717) is 6.54 Å². The Morgan fingerprint density at radius 3 is 2.95 bits per heavy atom. The van der Waals surface area contributed by atoms with E-state index >= 15 is 0 Å². The van der Waals surface area contributed by atoms with E-state index < -0.39 is 0 Å². The molecule has 1 saturated heterocycles. The summed E-state index contributed by atoms with van der Waals surface area (Å²) in [4.78, 5) is 18.2. The van der Waals surface area contributed by atoms with Crippen molar-refractivity contribution in [3.05, 3.63) is 23.9 Å². The fourth-order valence-electron chi connectivity index (χ4n) is 2.02. The smallest absolute Gasteiger partial charge is 0.237 e. The molecule has 1 fully saturated rings. The predicted molar refractivity (Wildman–Crippen MR) is 78.7 cm³/mol. The number of nitrogens with one attached hydrogen (secondary N) is 2. The largest absolute Gasteiger partial charge is 0.363 e. The van der Waals surface area contributed by atoms with Crippen molar-refractivity contribution >= 4 is 24.1 Å². The lowest BCUT2D eigenvalue weighted by atomic mass is 10.2. The van der Waals surface area contributed by atoms with Gasteiger partial charge in [0.1, 0.15) is 5.82 Å². The zero-order chi connectivity index (χ0) is 13.0. The van der Waals surface area contributed by atoms with Crippen LogP contribution in [0.25, 0.3) is 0 Å². The van der Waals surface area contributed by atoms with E-state index in [4.69, 9.17) is 0 Å². The van der Waals surface area contributed by atoms with Gasteiger partial charge < -0.3 is 15.5 Å². The Morgan fingerprint density at radius 2 is 2.32 bits per heavy atom. The molecule has 6 heteroatoms. The van der Waals surface area contributed by atoms with Gasteiger partial charge in [0.25, 0.3) is 0 Å². The normalized spacial score (nSPS) is 17.7. The molecular weight excluding hydrogens is 264 g/mol. The van der Waals surface area contributed by atoms with Gasteiger partial charge in [-0.3, -0.25) is 4.79 Å². The summed E-state index contributed by atoms with van der Waals surface area (Å²) in [6.07, 6.45) is 2.00. The molecule has 1 unspecified atom stereocenters. The van der Waals surface area contributed by atoms with Crippen LogP contribution in [0, 0.1) is 0 Å². The molecular formula is C13H21ClN4O. The number of carbonyl (C=O) groups excluding carboxylic acids is 1. The van der Waals surface area contributed by atoms with E-state index in [-0.39, 0.29) is 24.4 Å². The summed E-state index contributed by atoms with van der Waals surface area (Å²) in [5.41, 5.74) is 0.882. The summed E-state index contributed by atoms with van der Waals surface area (Å²) in [5, 5.41) is 6.11. The minimum absolute atomic E-state index is 0. The molecule has 0 aromatic carbocycles. The molecule has 2 rings (SSSR count). The molecule has 0 bridgehead atoms. The summed E-state index contributed by atoms with van der Waals surface area (Å²) in [6.45, 7) is 1.42. The van der Waals surface area contributed by atoms with Crippen LogP contribution in [0.4, 0.5) is 5.82 Å². The maximum Gasteiger partial charge on any atom is 0.237 e. The highest BCUT2D eigenvalue weighted by Gasteiger charge is 2.21. The molecule has 0 radical (unpaired) electrons. The average molecular weight is 285 g/mol. The van der Waals surface area contributed by atoms with Crippen molar-refractivity contribution in [1.82, 2.24) is 15.6 Å². The molecule has 1 amide bonds. The van der Waals surface area contributed by atoms with Gasteiger partial charge in [-0.2, -0.15) is 0 Å². The zero-order valence-electron chi connectivity index (χ0n) is 11.3. The number of nitrogens with zero attached hydrogens (tertiary/aromatic N) is 2. The topological polar surface area (TPSA) is 57.3 Å². The number of pyridine rings is 1. The molecule has 1 aliphatic rings. The summed E-state index contributed by atoms with van der Waals surface area (Å²) in [7, 11) is 3.90. The molecule has 0 spiro atoms. The molecule has 1 aromatic heterocycles. The Bertz CT molecular complexity index is 419. The van der Waals surface area contributed by atoms with Gasteiger partial charge in [0.2, 0.25) is 5.91 Å². The quantitative estimate of drug-likeness (QED) is 0.864. The van der Waals surface area contributed by atoms with Gasteiger partial charge in [0.05, 0.1) is 18.3 Å². The van der Waals surface area contributed by atoms with Crippen LogP contribution in [0.3, 0.4) is 0 Å². The number of aromatic nitrogens is 1. The van der Waals surface area contributed by atoms with Gasteiger partial charge in [-0.15, -0.1) is 12.4 Å². The molecule has 5 nitrogen and oxygen atoms in total. The van der Waals surface area contributed by atoms with Crippen LogP contribution in [-0.2, 0) is 11.3 Å². The number of hydrogen-bond acceptors (Lipinski definition) is 4. The zero-order valence-corrected chi connectivity index (χ0v) is 12.2. The van der Waals surface area contributed by atoms with E-state index in [2.05, 4.69) is 15.6 Å². The molecule has 106 valence electrons. The van der Waals surface area contributed by atoms with Crippen molar-refractivity contribution in [2.75, 3.05) is 25.5 Å². The first-order valence-corrected chi connectivity index (χ1v) is 6.31. The molecule has 19 heavy (non-hydrogen) atoms. The highest BCUT2D eigenvalue weighted by molar-refractivity contribution is 5.85. The third kappa shape index (κ3) is 4.36. The Hall–Kier alpha value is -1.33. The number of rotatable bonds is 4. The minimum Gasteiger partial charge on any atom is -0.363 e. The van der Waals surface area contributed by atoms with Gasteiger partial charge in [-0.05, 0) is 31.5 Å². The van der Waals surface area contributed by atoms with E-state index in [1.165, 1.54) is 0 Å². The fraction of sp³-hybridized carbons (Fsp3) is 0.538. The number of hydrogen-bond donors (Lipinski definition) is 2. The first-order valence-electron chi connectivity index (χ1n) is 6.31. The Labute approximate surface area is 120 Å². The molecule has 2 N–H and O–H groups in total. The second kappa shape index (κ2) is 7.31. The first-order chi connectivity index (χ1) is 8.66. The monoisotopic (exact) mass is 284 g/mol. The minimum atomic E-state index is -0.0259. The Balaban J connectivity index is 0.00000180. The molecule has 1 aliphatic heterocycles. The number of halogens is 1. The van der Waals surface area contributed by atoms with Crippen LogP contribution < -0.4 is 15.5 Å². The Kier molecular flexibility index (Phi) is 6.05. The molecule has 1 aromatic rings. The van der Waals surface area contributed by atoms with Crippen LogP contribution in [0.15, 0.2) is 18.2 Å². The molecule has 0 aliphatic carbocycles. The third-order valence-corrected chi connectivity index (χ3v) is 3.07. The molecule has 1 atom stereocenters. The number of amides is 1. The lowest BCUT2D eigenvalue weighted by Crippen LogP contribution is -2.40. The second-order valence-electron chi connectivity index (χ2n) is 4.75. The van der Waals surface area contributed by atoms with Crippen molar-refractivity contribution < 1.29 is 4.79 Å². The maximum atomic E-state index is 11.8. The van der Waals surface area contributed by atoms with Gasteiger partial charge in [0.15, 0.2) is 0 Å². The summed E-state index contributed by atoms with van der Waals surface area (Å²) in [5.74, 6) is 0.977. The van der Waals surface area contributed by atoms with E-state index in [9.17, 15) is 4.79 Å². The van der Waals surface area contributed by atoms with E-state index in [1.54, 1.807) is 0 Å². The van der Waals surface area contributed by atoms with Crippen LogP contribution in [0.2, 0.25) is 0 Å². The van der Waals surface area contributed by atoms with Gasteiger partial charge in [0, 0.05) is 14.1 Å². The fourth-order valence-corrected chi connectivity index (χ4v) is 2.02. The van der Waals surface area contributed by atoms with Crippen LogP contribution in [0.1, 0.15) is 18.5 Å². The van der Waals surface area contributed by atoms with Crippen molar-refractivity contribution in [1.29, 1.82) is 0 Å². The highest BCUT2D eigenvalue weighted by Crippen LogP contribution is 2.08. The predicted octanol–water partition coefficient (Wildman–Crippen LogP) is 0.938. The SMILES string of the molecule is CN(C)c1cccc(CNC(=O)C2CCCN2)n1.Cl. The lowest BCUT2D eigenvalue weighted by molar-refractivity contribution is -0.122. The van der Waals surface area contributed by atoms with Crippen molar-refractivity contribution in [2.24, 2.45) is 0 Å². The van der Waals surface area contributed by atoms with Crippen LogP contribution in [0.5, 0.6) is 0 Å². The third-order valence-electron chi connectivity index (χ3n) is 3.07. The number of anilines is 1. The van der Waals surface area contributed by atoms with Gasteiger partial charge in [-0.25, -0.2) is 4.98 Å². The summed E-state index contributed by atoms with van der Waals surface area (Å²) < 4.78 is 0. The Morgan fingerprint density at radius 1 is 1.53 bits per heavy atom. The highest BCUT2D eigenvalue weighted by atomic mass is 35.5. The van der Waals surface area contributed by atoms with Crippen molar-refractivity contribution in [3.63, 3.8) is 0 Å². The van der Waals surface area contributed by atoms with Gasteiger partial charge >= 0.3 is 0 Å². The number of carbonyl (C=O) groups is 1. The summed E-state index contributed by atoms with van der Waals surface area (Å²) in [6, 6.07) is 5.80. The van der Waals surface area contributed by atoms with E-state index in [1.807, 2.05) is 37.2 Å².